The molecule has 0 bridgehead atoms. The van der Waals surface area contributed by atoms with E-state index in [0.29, 0.717) is 6.54 Å². The van der Waals surface area contributed by atoms with Crippen LogP contribution in [0.1, 0.15) is 18.3 Å². The maximum Gasteiger partial charge on any atom is 0.219 e. The van der Waals surface area contributed by atoms with Crippen molar-refractivity contribution in [1.29, 1.82) is 0 Å². The lowest BCUT2D eigenvalue weighted by Crippen LogP contribution is -2.25. The lowest BCUT2D eigenvalue weighted by molar-refractivity contribution is -0.128. The van der Waals surface area contributed by atoms with Crippen LogP contribution in [0.5, 0.6) is 0 Å². The molecule has 108 valence electrons. The number of para-hydroxylation sites is 2. The third-order valence-corrected chi connectivity index (χ3v) is 4.30. The normalized spacial score (nSPS) is 11.0. The van der Waals surface area contributed by atoms with E-state index in [2.05, 4.69) is 32.4 Å². The Labute approximate surface area is 127 Å². The summed E-state index contributed by atoms with van der Waals surface area (Å²) in [6.45, 7) is 2.88. The summed E-state index contributed by atoms with van der Waals surface area (Å²) < 4.78 is 2.19. The zero-order chi connectivity index (χ0) is 14.8. The first-order valence-corrected chi connectivity index (χ1v) is 7.76. The molecular formula is C16H17N3OS. The average molecular weight is 299 g/mol. The number of aromatic nitrogens is 2. The first kappa shape index (κ1) is 13.8. The van der Waals surface area contributed by atoms with E-state index < -0.39 is 0 Å². The average Bonchev–Trinajstić information content (AvgIpc) is 3.08. The van der Waals surface area contributed by atoms with Crippen LogP contribution in [0.2, 0.25) is 0 Å². The number of carbonyl (C=O) groups excluding carboxylic acids is 1. The zero-order valence-electron chi connectivity index (χ0n) is 12.1. The third-order valence-electron chi connectivity index (χ3n) is 3.57. The van der Waals surface area contributed by atoms with Crippen molar-refractivity contribution < 1.29 is 4.79 Å². The van der Waals surface area contributed by atoms with Crippen LogP contribution in [0, 0.1) is 0 Å². The van der Waals surface area contributed by atoms with Gasteiger partial charge < -0.3 is 9.47 Å². The van der Waals surface area contributed by atoms with E-state index in [1.807, 2.05) is 18.2 Å². The fourth-order valence-corrected chi connectivity index (χ4v) is 2.97. The van der Waals surface area contributed by atoms with Crippen LogP contribution in [0.4, 0.5) is 0 Å². The second-order valence-corrected chi connectivity index (χ2v) is 5.89. The lowest BCUT2D eigenvalue weighted by Gasteiger charge is -2.15. The number of hydrogen-bond donors (Lipinski definition) is 0. The van der Waals surface area contributed by atoms with E-state index in [1.165, 1.54) is 5.56 Å². The Morgan fingerprint density at radius 1 is 1.33 bits per heavy atom. The highest BCUT2D eigenvalue weighted by atomic mass is 32.1. The second kappa shape index (κ2) is 5.69. The quantitative estimate of drug-likeness (QED) is 0.742. The van der Waals surface area contributed by atoms with Crippen molar-refractivity contribution in [3.05, 3.63) is 52.5 Å². The highest BCUT2D eigenvalue weighted by Gasteiger charge is 2.14. The minimum Gasteiger partial charge on any atom is -0.339 e. The highest BCUT2D eigenvalue weighted by molar-refractivity contribution is 7.07. The SMILES string of the molecule is CC(=O)N(C)Cc1nc2ccccc2n1Cc1ccsc1. The summed E-state index contributed by atoms with van der Waals surface area (Å²) in [5.74, 6) is 0.962. The molecule has 5 heteroatoms. The maximum atomic E-state index is 11.5. The monoisotopic (exact) mass is 299 g/mol. The Morgan fingerprint density at radius 2 is 2.14 bits per heavy atom. The number of thiophene rings is 1. The summed E-state index contributed by atoms with van der Waals surface area (Å²) in [5.41, 5.74) is 3.34. The van der Waals surface area contributed by atoms with Gasteiger partial charge in [-0.25, -0.2) is 4.98 Å². The van der Waals surface area contributed by atoms with Crippen LogP contribution in [-0.4, -0.2) is 27.4 Å². The fourth-order valence-electron chi connectivity index (χ4n) is 2.31. The van der Waals surface area contributed by atoms with Gasteiger partial charge in [0, 0.05) is 14.0 Å². The number of fused-ring (bicyclic) bond motifs is 1. The van der Waals surface area contributed by atoms with Crippen LogP contribution in [0.15, 0.2) is 41.1 Å². The van der Waals surface area contributed by atoms with Crippen molar-refractivity contribution in [3.63, 3.8) is 0 Å². The van der Waals surface area contributed by atoms with Gasteiger partial charge in [0.25, 0.3) is 0 Å². The number of nitrogens with zero attached hydrogens (tertiary/aromatic N) is 3. The zero-order valence-corrected chi connectivity index (χ0v) is 12.9. The molecule has 0 spiro atoms. The van der Waals surface area contributed by atoms with E-state index in [0.717, 1.165) is 23.4 Å². The summed E-state index contributed by atoms with van der Waals surface area (Å²) in [7, 11) is 1.80. The van der Waals surface area contributed by atoms with Crippen LogP contribution in [-0.2, 0) is 17.9 Å². The van der Waals surface area contributed by atoms with Crippen LogP contribution in [0.3, 0.4) is 0 Å². The lowest BCUT2D eigenvalue weighted by atomic mass is 10.3. The number of imidazole rings is 1. The Bertz CT molecular complexity index is 761. The molecule has 0 unspecified atom stereocenters. The molecule has 4 nitrogen and oxygen atoms in total. The highest BCUT2D eigenvalue weighted by Crippen LogP contribution is 2.19. The molecule has 0 fully saturated rings. The Hall–Kier alpha value is -2.14. The molecule has 0 saturated heterocycles. The third kappa shape index (κ3) is 2.83. The predicted molar refractivity (Wildman–Crippen MR) is 85.3 cm³/mol. The Kier molecular flexibility index (Phi) is 3.75. The number of benzene rings is 1. The minimum absolute atomic E-state index is 0.0455. The molecule has 3 aromatic rings. The molecule has 0 radical (unpaired) electrons. The van der Waals surface area contributed by atoms with Gasteiger partial charge in [-0.05, 0) is 34.5 Å². The minimum atomic E-state index is 0.0455. The van der Waals surface area contributed by atoms with Gasteiger partial charge in [0.2, 0.25) is 5.91 Å². The van der Waals surface area contributed by atoms with Crippen LogP contribution >= 0.6 is 11.3 Å². The van der Waals surface area contributed by atoms with Crippen molar-refractivity contribution in [3.8, 4) is 0 Å². The van der Waals surface area contributed by atoms with E-state index in [-0.39, 0.29) is 5.91 Å². The van der Waals surface area contributed by atoms with Crippen LogP contribution < -0.4 is 0 Å². The van der Waals surface area contributed by atoms with E-state index in [9.17, 15) is 4.79 Å². The first-order chi connectivity index (χ1) is 10.1. The summed E-state index contributed by atoms with van der Waals surface area (Å²) in [6, 6.07) is 10.2. The first-order valence-electron chi connectivity index (χ1n) is 6.82. The number of amides is 1. The van der Waals surface area contributed by atoms with Gasteiger partial charge in [0.15, 0.2) is 0 Å². The summed E-state index contributed by atoms with van der Waals surface area (Å²) in [5, 5.41) is 4.23. The van der Waals surface area contributed by atoms with Gasteiger partial charge in [-0.3, -0.25) is 4.79 Å². The second-order valence-electron chi connectivity index (χ2n) is 5.11. The molecule has 1 aromatic carbocycles. The van der Waals surface area contributed by atoms with Gasteiger partial charge in [-0.1, -0.05) is 12.1 Å². The summed E-state index contributed by atoms with van der Waals surface area (Å²) >= 11 is 1.69. The molecule has 0 atom stereocenters. The van der Waals surface area contributed by atoms with Crippen molar-refractivity contribution in [2.75, 3.05) is 7.05 Å². The fraction of sp³-hybridized carbons (Fsp3) is 0.250. The molecule has 0 aliphatic rings. The molecular weight excluding hydrogens is 282 g/mol. The molecule has 0 N–H and O–H groups in total. The molecule has 2 heterocycles. The van der Waals surface area contributed by atoms with Gasteiger partial charge >= 0.3 is 0 Å². The standard InChI is InChI=1S/C16H17N3OS/c1-12(20)18(2)10-16-17-14-5-3-4-6-15(14)19(16)9-13-7-8-21-11-13/h3-8,11H,9-10H2,1-2H3. The number of carbonyl (C=O) groups is 1. The summed E-state index contributed by atoms with van der Waals surface area (Å²) in [4.78, 5) is 17.9. The van der Waals surface area contributed by atoms with Gasteiger partial charge in [-0.2, -0.15) is 11.3 Å². The summed E-state index contributed by atoms with van der Waals surface area (Å²) in [6.07, 6.45) is 0. The molecule has 1 amide bonds. The van der Waals surface area contributed by atoms with Gasteiger partial charge in [0.05, 0.1) is 24.1 Å². The van der Waals surface area contributed by atoms with Crippen molar-refractivity contribution in [1.82, 2.24) is 14.5 Å². The molecule has 0 saturated carbocycles. The molecule has 2 aromatic heterocycles. The maximum absolute atomic E-state index is 11.5. The number of rotatable bonds is 4. The Morgan fingerprint density at radius 3 is 2.86 bits per heavy atom. The molecule has 0 aliphatic carbocycles. The van der Waals surface area contributed by atoms with E-state index in [4.69, 9.17) is 0 Å². The van der Waals surface area contributed by atoms with Crippen molar-refractivity contribution >= 4 is 28.3 Å². The van der Waals surface area contributed by atoms with E-state index >= 15 is 0 Å². The Balaban J connectivity index is 2.03. The topological polar surface area (TPSA) is 38.1 Å². The van der Waals surface area contributed by atoms with Crippen molar-refractivity contribution in [2.45, 2.75) is 20.0 Å². The smallest absolute Gasteiger partial charge is 0.219 e. The predicted octanol–water partition coefficient (Wildman–Crippen LogP) is 3.12. The van der Waals surface area contributed by atoms with E-state index in [1.54, 1.807) is 30.2 Å². The molecule has 0 aliphatic heterocycles. The van der Waals surface area contributed by atoms with Gasteiger partial charge in [0.1, 0.15) is 5.82 Å². The van der Waals surface area contributed by atoms with Gasteiger partial charge in [-0.15, -0.1) is 0 Å². The van der Waals surface area contributed by atoms with Crippen LogP contribution in [0.25, 0.3) is 11.0 Å². The molecule has 21 heavy (non-hydrogen) atoms. The number of hydrogen-bond acceptors (Lipinski definition) is 3. The molecule has 3 rings (SSSR count). The van der Waals surface area contributed by atoms with Crippen molar-refractivity contribution in [2.24, 2.45) is 0 Å². The largest absolute Gasteiger partial charge is 0.339 e.